The summed E-state index contributed by atoms with van der Waals surface area (Å²) in [5.74, 6) is -2.72. The molecule has 12 heavy (non-hydrogen) atoms. The molecule has 0 saturated carbocycles. The van der Waals surface area contributed by atoms with Gasteiger partial charge in [-0.05, 0) is 0 Å². The van der Waals surface area contributed by atoms with Crippen LogP contribution in [0.1, 0.15) is 21.0 Å². The maximum absolute atomic E-state index is 10.3. The molecule has 0 amide bonds. The number of hydrogen-bond acceptors (Lipinski definition) is 3. The number of aromatic amines is 1. The monoisotopic (exact) mass is 190 g/mol. The second-order valence-electron chi connectivity index (χ2n) is 1.87. The standard InChI is InChI=1S/C5H3ClN2O4/c6-1-2(4(9)10)7-8-3(1)5(11)12/h(H,7,8)(H,9,10)(H,11,12). The summed E-state index contributed by atoms with van der Waals surface area (Å²) < 4.78 is 0. The highest BCUT2D eigenvalue weighted by Gasteiger charge is 2.20. The quantitative estimate of drug-likeness (QED) is 0.629. The third-order valence-electron chi connectivity index (χ3n) is 1.12. The van der Waals surface area contributed by atoms with Gasteiger partial charge in [-0.2, -0.15) is 5.10 Å². The molecule has 3 N–H and O–H groups in total. The van der Waals surface area contributed by atoms with Crippen LogP contribution in [0.15, 0.2) is 0 Å². The summed E-state index contributed by atoms with van der Waals surface area (Å²) in [5, 5.41) is 21.6. The first-order valence-electron chi connectivity index (χ1n) is 2.74. The Balaban J connectivity index is 3.22. The predicted molar refractivity (Wildman–Crippen MR) is 37.5 cm³/mol. The molecule has 0 bridgehead atoms. The smallest absolute Gasteiger partial charge is 0.357 e. The van der Waals surface area contributed by atoms with E-state index in [1.807, 2.05) is 5.10 Å². The Labute approximate surface area is 70.8 Å². The zero-order valence-electron chi connectivity index (χ0n) is 5.54. The number of carbonyl (C=O) groups is 2. The molecule has 1 rings (SSSR count). The van der Waals surface area contributed by atoms with Crippen molar-refractivity contribution in [2.45, 2.75) is 0 Å². The van der Waals surface area contributed by atoms with E-state index >= 15 is 0 Å². The van der Waals surface area contributed by atoms with Gasteiger partial charge in [0.2, 0.25) is 0 Å². The zero-order chi connectivity index (χ0) is 9.30. The molecule has 0 aromatic carbocycles. The molecular weight excluding hydrogens is 188 g/mol. The Hall–Kier alpha value is -1.56. The molecule has 0 fully saturated rings. The molecule has 1 aromatic rings. The van der Waals surface area contributed by atoms with Crippen molar-refractivity contribution in [2.75, 3.05) is 0 Å². The predicted octanol–water partition coefficient (Wildman–Crippen LogP) is 0.459. The maximum Gasteiger partial charge on any atom is 0.357 e. The van der Waals surface area contributed by atoms with Crippen molar-refractivity contribution >= 4 is 23.5 Å². The Morgan fingerprint density at radius 3 is 2.17 bits per heavy atom. The van der Waals surface area contributed by atoms with Crippen molar-refractivity contribution in [2.24, 2.45) is 0 Å². The number of hydrogen-bond donors (Lipinski definition) is 3. The fraction of sp³-hybridized carbons (Fsp3) is 0. The highest BCUT2D eigenvalue weighted by Crippen LogP contribution is 2.17. The third-order valence-corrected chi connectivity index (χ3v) is 1.49. The van der Waals surface area contributed by atoms with Gasteiger partial charge in [0.25, 0.3) is 0 Å². The molecule has 7 heteroatoms. The van der Waals surface area contributed by atoms with Crippen LogP contribution in [0.5, 0.6) is 0 Å². The van der Waals surface area contributed by atoms with Gasteiger partial charge in [-0.1, -0.05) is 11.6 Å². The van der Waals surface area contributed by atoms with Crippen molar-refractivity contribution in [1.82, 2.24) is 10.2 Å². The lowest BCUT2D eigenvalue weighted by Gasteiger charge is -1.87. The lowest BCUT2D eigenvalue weighted by atomic mass is 10.3. The molecule has 6 nitrogen and oxygen atoms in total. The number of carboxylic acids is 2. The lowest BCUT2D eigenvalue weighted by molar-refractivity contribution is 0.0683. The molecule has 64 valence electrons. The van der Waals surface area contributed by atoms with E-state index in [4.69, 9.17) is 21.8 Å². The first kappa shape index (κ1) is 8.54. The van der Waals surface area contributed by atoms with Crippen molar-refractivity contribution < 1.29 is 19.8 Å². The Morgan fingerprint density at radius 1 is 1.33 bits per heavy atom. The molecule has 1 heterocycles. The van der Waals surface area contributed by atoms with Crippen molar-refractivity contribution in [1.29, 1.82) is 0 Å². The van der Waals surface area contributed by atoms with Crippen LogP contribution in [-0.4, -0.2) is 32.3 Å². The summed E-state index contributed by atoms with van der Waals surface area (Å²) in [4.78, 5) is 20.6. The van der Waals surface area contributed by atoms with E-state index in [0.717, 1.165) is 0 Å². The lowest BCUT2D eigenvalue weighted by Crippen LogP contribution is -1.99. The van der Waals surface area contributed by atoms with Gasteiger partial charge in [-0.25, -0.2) is 9.59 Å². The number of H-pyrrole nitrogens is 1. The third kappa shape index (κ3) is 1.24. The van der Waals surface area contributed by atoms with E-state index in [0.29, 0.717) is 0 Å². The van der Waals surface area contributed by atoms with Crippen LogP contribution < -0.4 is 0 Å². The van der Waals surface area contributed by atoms with Crippen LogP contribution >= 0.6 is 11.6 Å². The van der Waals surface area contributed by atoms with Gasteiger partial charge in [0.15, 0.2) is 11.4 Å². The van der Waals surface area contributed by atoms with Crippen LogP contribution in [0.2, 0.25) is 5.02 Å². The molecule has 1 aromatic heterocycles. The molecule has 0 aliphatic heterocycles. The normalized spacial score (nSPS) is 9.75. The Bertz CT molecular complexity index is 314. The summed E-state index contributed by atoms with van der Waals surface area (Å²) in [6.45, 7) is 0. The van der Waals surface area contributed by atoms with E-state index in [9.17, 15) is 9.59 Å². The fourth-order valence-electron chi connectivity index (χ4n) is 0.612. The van der Waals surface area contributed by atoms with Crippen molar-refractivity contribution in [3.63, 3.8) is 0 Å². The van der Waals surface area contributed by atoms with Gasteiger partial charge in [0.05, 0.1) is 0 Å². The maximum atomic E-state index is 10.3. The van der Waals surface area contributed by atoms with Crippen LogP contribution in [-0.2, 0) is 0 Å². The topological polar surface area (TPSA) is 103 Å². The van der Waals surface area contributed by atoms with E-state index in [-0.39, 0.29) is 0 Å². The van der Waals surface area contributed by atoms with E-state index in [1.165, 1.54) is 0 Å². The van der Waals surface area contributed by atoms with Gasteiger partial charge in [-0.3, -0.25) is 5.10 Å². The Morgan fingerprint density at radius 2 is 1.92 bits per heavy atom. The van der Waals surface area contributed by atoms with Gasteiger partial charge >= 0.3 is 11.9 Å². The van der Waals surface area contributed by atoms with Crippen LogP contribution in [0.3, 0.4) is 0 Å². The molecule has 0 spiro atoms. The van der Waals surface area contributed by atoms with Gasteiger partial charge in [0, 0.05) is 0 Å². The number of aromatic carboxylic acids is 2. The van der Waals surface area contributed by atoms with Crippen LogP contribution in [0.25, 0.3) is 0 Å². The second-order valence-corrected chi connectivity index (χ2v) is 2.25. The molecule has 0 aliphatic carbocycles. The number of rotatable bonds is 2. The number of carboxylic acid groups (broad SMARTS) is 2. The molecule has 0 atom stereocenters. The first-order chi connectivity index (χ1) is 5.54. The molecule has 0 radical (unpaired) electrons. The van der Waals surface area contributed by atoms with Gasteiger partial charge in [-0.15, -0.1) is 0 Å². The average Bonchev–Trinajstić information content (AvgIpc) is 2.30. The number of aromatic nitrogens is 2. The van der Waals surface area contributed by atoms with Crippen LogP contribution in [0, 0.1) is 0 Å². The summed E-state index contributed by atoms with van der Waals surface area (Å²) in [6.07, 6.45) is 0. The summed E-state index contributed by atoms with van der Waals surface area (Å²) >= 11 is 5.36. The molecular formula is C5H3ClN2O4. The molecule has 0 aliphatic rings. The highest BCUT2D eigenvalue weighted by molar-refractivity contribution is 6.35. The minimum absolute atomic E-state index is 0.394. The summed E-state index contributed by atoms with van der Waals surface area (Å²) in [7, 11) is 0. The minimum Gasteiger partial charge on any atom is -0.476 e. The number of nitrogens with zero attached hydrogens (tertiary/aromatic N) is 1. The van der Waals surface area contributed by atoms with E-state index in [1.54, 1.807) is 0 Å². The fourth-order valence-corrected chi connectivity index (χ4v) is 0.858. The molecule has 0 saturated heterocycles. The van der Waals surface area contributed by atoms with Crippen molar-refractivity contribution in [3.05, 3.63) is 16.4 Å². The first-order valence-corrected chi connectivity index (χ1v) is 3.12. The number of nitrogens with one attached hydrogen (secondary N) is 1. The van der Waals surface area contributed by atoms with Gasteiger partial charge in [0.1, 0.15) is 5.02 Å². The zero-order valence-corrected chi connectivity index (χ0v) is 6.29. The van der Waals surface area contributed by atoms with Crippen LogP contribution in [0.4, 0.5) is 0 Å². The van der Waals surface area contributed by atoms with Gasteiger partial charge < -0.3 is 10.2 Å². The SMILES string of the molecule is O=C(O)c1n[nH]c(C(=O)O)c1Cl. The summed E-state index contributed by atoms with van der Waals surface area (Å²) in [6, 6.07) is 0. The average molecular weight is 191 g/mol. The second kappa shape index (κ2) is 2.82. The Kier molecular flexibility index (Phi) is 2.01. The number of halogens is 1. The van der Waals surface area contributed by atoms with E-state index < -0.39 is 28.3 Å². The highest BCUT2D eigenvalue weighted by atomic mass is 35.5. The van der Waals surface area contributed by atoms with Crippen molar-refractivity contribution in [3.8, 4) is 0 Å². The largest absolute Gasteiger partial charge is 0.476 e. The van der Waals surface area contributed by atoms with E-state index in [2.05, 4.69) is 5.10 Å². The minimum atomic E-state index is -1.37. The summed E-state index contributed by atoms with van der Waals surface area (Å²) in [5.41, 5.74) is -0.914. The molecule has 0 unspecified atom stereocenters.